The van der Waals surface area contributed by atoms with Crippen LogP contribution in [-0.4, -0.2) is 26.3 Å². The van der Waals surface area contributed by atoms with Crippen molar-refractivity contribution in [3.8, 4) is 11.4 Å². The fourth-order valence-electron chi connectivity index (χ4n) is 3.82. The van der Waals surface area contributed by atoms with Crippen LogP contribution < -0.4 is 5.63 Å². The minimum absolute atomic E-state index is 0.393. The Kier molecular flexibility index (Phi) is 4.04. The van der Waals surface area contributed by atoms with Crippen LogP contribution in [0.4, 0.5) is 0 Å². The number of benzene rings is 3. The first-order chi connectivity index (χ1) is 15.2. The van der Waals surface area contributed by atoms with Crippen molar-refractivity contribution < 1.29 is 4.42 Å². The quantitative estimate of drug-likeness (QED) is 0.299. The van der Waals surface area contributed by atoms with E-state index in [2.05, 4.69) is 10.2 Å². The first kappa shape index (κ1) is 18.1. The van der Waals surface area contributed by atoms with E-state index in [1.807, 2.05) is 73.7 Å². The fraction of sp³-hybridized carbons (Fsp3) is 0.0833. The van der Waals surface area contributed by atoms with Crippen LogP contribution in [0.2, 0.25) is 0 Å². The summed E-state index contributed by atoms with van der Waals surface area (Å²) in [5, 5.41) is 17.1. The van der Waals surface area contributed by atoms with Gasteiger partial charge in [-0.3, -0.25) is 0 Å². The third-order valence-corrected chi connectivity index (χ3v) is 6.36. The largest absolute Gasteiger partial charge is 0.422 e. The van der Waals surface area contributed by atoms with Gasteiger partial charge >= 0.3 is 5.63 Å². The lowest BCUT2D eigenvalue weighted by Gasteiger charge is -2.14. The van der Waals surface area contributed by atoms with Crippen molar-refractivity contribution in [2.45, 2.75) is 12.1 Å². The molecular formula is C24H16N4O2S. The highest BCUT2D eigenvalue weighted by molar-refractivity contribution is 7.99. The van der Waals surface area contributed by atoms with Crippen molar-refractivity contribution in [1.82, 2.24) is 14.9 Å². The van der Waals surface area contributed by atoms with Gasteiger partial charge in [-0.1, -0.05) is 71.9 Å². The van der Waals surface area contributed by atoms with Crippen molar-refractivity contribution >= 4 is 39.2 Å². The average Bonchev–Trinajstić information content (AvgIpc) is 3.22. The number of fused-ring (bicyclic) bond motifs is 4. The Morgan fingerprint density at radius 1 is 0.968 bits per heavy atom. The summed E-state index contributed by atoms with van der Waals surface area (Å²) in [5.41, 5.74) is 3.38. The average molecular weight is 424 g/mol. The normalized spacial score (nSPS) is 13.4. The van der Waals surface area contributed by atoms with Crippen LogP contribution in [0.1, 0.15) is 11.1 Å². The number of thioether (sulfide) groups is 1. The molecule has 5 aromatic rings. The Morgan fingerprint density at radius 2 is 1.81 bits per heavy atom. The lowest BCUT2D eigenvalue weighted by Crippen LogP contribution is -2.21. The molecule has 0 unspecified atom stereocenters. The molecule has 0 saturated heterocycles. The van der Waals surface area contributed by atoms with Gasteiger partial charge in [0.2, 0.25) is 5.16 Å². The molecule has 0 aliphatic carbocycles. The lowest BCUT2D eigenvalue weighted by molar-refractivity contribution is 0.559. The van der Waals surface area contributed by atoms with Gasteiger partial charge in [-0.05, 0) is 29.8 Å². The van der Waals surface area contributed by atoms with Gasteiger partial charge in [-0.25, -0.2) is 4.79 Å². The van der Waals surface area contributed by atoms with E-state index in [0.29, 0.717) is 33.6 Å². The smallest absolute Gasteiger partial charge is 0.345 e. The zero-order valence-electron chi connectivity index (χ0n) is 16.6. The summed E-state index contributed by atoms with van der Waals surface area (Å²) in [5.74, 6) is 1.17. The molecule has 6 nitrogen and oxygen atoms in total. The molecule has 0 bridgehead atoms. The summed E-state index contributed by atoms with van der Waals surface area (Å²) < 4.78 is 7.37. The van der Waals surface area contributed by atoms with E-state index in [1.165, 1.54) is 17.3 Å². The van der Waals surface area contributed by atoms with Crippen molar-refractivity contribution in [1.29, 1.82) is 0 Å². The monoisotopic (exact) mass is 424 g/mol. The molecule has 0 atom stereocenters. The molecule has 3 aromatic carbocycles. The second kappa shape index (κ2) is 6.92. The van der Waals surface area contributed by atoms with E-state index in [0.717, 1.165) is 21.7 Å². The molecule has 7 heteroatoms. The van der Waals surface area contributed by atoms with Gasteiger partial charge in [0.05, 0.1) is 11.3 Å². The van der Waals surface area contributed by atoms with Crippen LogP contribution >= 0.6 is 11.8 Å². The highest BCUT2D eigenvalue weighted by Crippen LogP contribution is 2.30. The molecule has 150 valence electrons. The van der Waals surface area contributed by atoms with Gasteiger partial charge in [0, 0.05) is 16.7 Å². The molecule has 0 N–H and O–H groups in total. The zero-order chi connectivity index (χ0) is 20.9. The summed E-state index contributed by atoms with van der Waals surface area (Å²) >= 11 is 1.51. The molecule has 1 aliphatic rings. The Labute approximate surface area is 181 Å². The molecule has 31 heavy (non-hydrogen) atoms. The van der Waals surface area contributed by atoms with E-state index in [1.54, 1.807) is 4.68 Å². The summed E-state index contributed by atoms with van der Waals surface area (Å²) in [7, 11) is 0. The second-order valence-corrected chi connectivity index (χ2v) is 8.41. The third kappa shape index (κ3) is 2.97. The molecule has 0 spiro atoms. The Bertz CT molecular complexity index is 1560. The molecule has 0 radical (unpaired) electrons. The molecule has 3 heterocycles. The molecular weight excluding hydrogens is 408 g/mol. The lowest BCUT2D eigenvalue weighted by atomic mass is 10.0. The standard InChI is InChI=1S/C24H16N4O2S/c1-14-6-8-16(9-7-14)22-25-26-24-28(22)27-20(13-31-24)19-12-18-17-5-3-2-4-15(17)10-11-21(18)30-23(19)29/h2-12H,13H2,1H3. The molecule has 6 rings (SSSR count). The van der Waals surface area contributed by atoms with E-state index in [9.17, 15) is 4.79 Å². The predicted molar refractivity (Wildman–Crippen MR) is 123 cm³/mol. The number of rotatable bonds is 2. The second-order valence-electron chi connectivity index (χ2n) is 7.47. The summed E-state index contributed by atoms with van der Waals surface area (Å²) in [4.78, 5) is 12.8. The van der Waals surface area contributed by atoms with Gasteiger partial charge in [0.15, 0.2) is 5.82 Å². The number of hydrogen-bond acceptors (Lipinski definition) is 6. The zero-order valence-corrected chi connectivity index (χ0v) is 17.4. The van der Waals surface area contributed by atoms with Crippen LogP contribution in [0, 0.1) is 6.92 Å². The molecule has 1 aliphatic heterocycles. The van der Waals surface area contributed by atoms with Crippen molar-refractivity contribution in [3.63, 3.8) is 0 Å². The maximum absolute atomic E-state index is 12.8. The Balaban J connectivity index is 1.53. The van der Waals surface area contributed by atoms with Gasteiger partial charge in [-0.15, -0.1) is 10.2 Å². The predicted octanol–water partition coefficient (Wildman–Crippen LogP) is 4.87. The van der Waals surface area contributed by atoms with Crippen molar-refractivity contribution in [3.05, 3.63) is 88.3 Å². The fourth-order valence-corrected chi connectivity index (χ4v) is 4.64. The third-order valence-electron chi connectivity index (χ3n) is 5.43. The van der Waals surface area contributed by atoms with E-state index >= 15 is 0 Å². The van der Waals surface area contributed by atoms with Crippen LogP contribution in [0.25, 0.3) is 33.1 Å². The Hall–Kier alpha value is -3.71. The summed E-state index contributed by atoms with van der Waals surface area (Å²) in [6, 6.07) is 21.8. The first-order valence-electron chi connectivity index (χ1n) is 9.86. The van der Waals surface area contributed by atoms with Crippen LogP contribution in [-0.2, 0) is 0 Å². The molecule has 0 saturated carbocycles. The highest BCUT2D eigenvalue weighted by atomic mass is 32.2. The number of aromatic nitrogens is 3. The number of hydrogen-bond donors (Lipinski definition) is 0. The summed E-state index contributed by atoms with van der Waals surface area (Å²) in [6.45, 7) is 2.04. The van der Waals surface area contributed by atoms with Crippen molar-refractivity contribution in [2.24, 2.45) is 5.10 Å². The minimum Gasteiger partial charge on any atom is -0.422 e. The minimum atomic E-state index is -0.393. The van der Waals surface area contributed by atoms with Gasteiger partial charge < -0.3 is 4.42 Å². The van der Waals surface area contributed by atoms with E-state index in [4.69, 9.17) is 9.52 Å². The van der Waals surface area contributed by atoms with Crippen LogP contribution in [0.15, 0.2) is 86.2 Å². The highest BCUT2D eigenvalue weighted by Gasteiger charge is 2.23. The van der Waals surface area contributed by atoms with Crippen LogP contribution in [0.3, 0.4) is 0 Å². The SMILES string of the molecule is Cc1ccc(-c2nnc3n2N=C(c2cc4c(ccc5ccccc54)oc2=O)CS3)cc1. The van der Waals surface area contributed by atoms with E-state index < -0.39 is 5.63 Å². The van der Waals surface area contributed by atoms with Gasteiger partial charge in [0.1, 0.15) is 5.58 Å². The molecule has 2 aromatic heterocycles. The number of nitrogens with zero attached hydrogens (tertiary/aromatic N) is 4. The molecule has 0 fully saturated rings. The number of aryl methyl sites for hydroxylation is 1. The van der Waals surface area contributed by atoms with Gasteiger partial charge in [0.25, 0.3) is 0 Å². The maximum atomic E-state index is 12.8. The first-order valence-corrected chi connectivity index (χ1v) is 10.8. The molecule has 0 amide bonds. The maximum Gasteiger partial charge on any atom is 0.345 e. The topological polar surface area (TPSA) is 73.3 Å². The van der Waals surface area contributed by atoms with Crippen molar-refractivity contribution in [2.75, 3.05) is 5.75 Å². The van der Waals surface area contributed by atoms with E-state index in [-0.39, 0.29) is 0 Å². The Morgan fingerprint density at radius 3 is 2.68 bits per heavy atom. The van der Waals surface area contributed by atoms with Gasteiger partial charge in [-0.2, -0.15) is 9.78 Å². The van der Waals surface area contributed by atoms with Crippen LogP contribution in [0.5, 0.6) is 0 Å². The summed E-state index contributed by atoms with van der Waals surface area (Å²) in [6.07, 6.45) is 0.